The monoisotopic (exact) mass is 213 g/mol. The molecule has 2 rings (SSSR count). The number of benzene rings is 2. The summed E-state index contributed by atoms with van der Waals surface area (Å²) in [6.07, 6.45) is 0. The van der Waals surface area contributed by atoms with Crippen LogP contribution in [0.2, 0.25) is 0 Å². The fraction of sp³-hybridized carbons (Fsp3) is 0.200. The summed E-state index contributed by atoms with van der Waals surface area (Å²) in [6.45, 7) is 6.23. The molecule has 0 aliphatic carbocycles. The lowest BCUT2D eigenvalue weighted by atomic mass is 10.2. The van der Waals surface area contributed by atoms with Crippen LogP contribution in [0.3, 0.4) is 0 Å². The SMILES string of the molecule is Cc1cccc(C)c1.Cc1cccc(N)c1. The van der Waals surface area contributed by atoms with Gasteiger partial charge in [-0.15, -0.1) is 0 Å². The molecule has 1 nitrogen and oxygen atoms in total. The Morgan fingerprint density at radius 1 is 0.688 bits per heavy atom. The Morgan fingerprint density at radius 3 is 1.38 bits per heavy atom. The second-order valence-corrected chi connectivity index (χ2v) is 4.07. The fourth-order valence-corrected chi connectivity index (χ4v) is 1.48. The maximum absolute atomic E-state index is 5.46. The van der Waals surface area contributed by atoms with Crippen LogP contribution in [-0.4, -0.2) is 0 Å². The van der Waals surface area contributed by atoms with E-state index in [2.05, 4.69) is 38.1 Å². The molecule has 0 saturated carbocycles. The largest absolute Gasteiger partial charge is 0.399 e. The minimum Gasteiger partial charge on any atom is -0.399 e. The van der Waals surface area contributed by atoms with Gasteiger partial charge in [-0.25, -0.2) is 0 Å². The molecule has 0 aromatic heterocycles. The van der Waals surface area contributed by atoms with E-state index in [0.717, 1.165) is 5.69 Å². The molecule has 0 radical (unpaired) electrons. The minimum absolute atomic E-state index is 0.838. The highest BCUT2D eigenvalue weighted by molar-refractivity contribution is 5.39. The maximum atomic E-state index is 5.46. The molecule has 0 unspecified atom stereocenters. The number of hydrogen-bond acceptors (Lipinski definition) is 1. The van der Waals surface area contributed by atoms with E-state index in [1.165, 1.54) is 16.7 Å². The molecule has 2 aromatic rings. The van der Waals surface area contributed by atoms with Crippen LogP contribution in [0.15, 0.2) is 48.5 Å². The van der Waals surface area contributed by atoms with E-state index in [0.29, 0.717) is 0 Å². The summed E-state index contributed by atoms with van der Waals surface area (Å²) in [5.41, 5.74) is 10.2. The van der Waals surface area contributed by atoms with Crippen molar-refractivity contribution < 1.29 is 0 Å². The smallest absolute Gasteiger partial charge is 0.0316 e. The first-order valence-corrected chi connectivity index (χ1v) is 5.43. The molecule has 16 heavy (non-hydrogen) atoms. The zero-order valence-corrected chi connectivity index (χ0v) is 10.2. The highest BCUT2D eigenvalue weighted by Crippen LogP contribution is 2.03. The third-order valence-electron chi connectivity index (χ3n) is 2.22. The summed E-state index contributed by atoms with van der Waals surface area (Å²) in [7, 11) is 0. The van der Waals surface area contributed by atoms with Crippen LogP contribution in [0.5, 0.6) is 0 Å². The molecule has 0 aliphatic rings. The van der Waals surface area contributed by atoms with E-state index in [-0.39, 0.29) is 0 Å². The molecule has 0 spiro atoms. The van der Waals surface area contributed by atoms with Gasteiger partial charge in [0.2, 0.25) is 0 Å². The number of anilines is 1. The third-order valence-corrected chi connectivity index (χ3v) is 2.22. The van der Waals surface area contributed by atoms with Crippen molar-refractivity contribution in [3.63, 3.8) is 0 Å². The van der Waals surface area contributed by atoms with Crippen LogP contribution in [0.4, 0.5) is 5.69 Å². The summed E-state index contributed by atoms with van der Waals surface area (Å²) in [5.74, 6) is 0. The summed E-state index contributed by atoms with van der Waals surface area (Å²) >= 11 is 0. The van der Waals surface area contributed by atoms with Gasteiger partial charge in [-0.2, -0.15) is 0 Å². The van der Waals surface area contributed by atoms with Gasteiger partial charge in [0, 0.05) is 5.69 Å². The molecule has 1 heteroatoms. The van der Waals surface area contributed by atoms with Gasteiger partial charge in [-0.1, -0.05) is 47.5 Å². The number of hydrogen-bond donors (Lipinski definition) is 1. The molecule has 0 atom stereocenters. The molecule has 2 N–H and O–H groups in total. The van der Waals surface area contributed by atoms with Crippen molar-refractivity contribution >= 4 is 5.69 Å². The lowest BCUT2D eigenvalue weighted by Crippen LogP contribution is -1.82. The zero-order chi connectivity index (χ0) is 12.0. The van der Waals surface area contributed by atoms with Crippen molar-refractivity contribution in [1.82, 2.24) is 0 Å². The van der Waals surface area contributed by atoms with Crippen LogP contribution in [0, 0.1) is 20.8 Å². The van der Waals surface area contributed by atoms with Crippen molar-refractivity contribution in [1.29, 1.82) is 0 Å². The summed E-state index contributed by atoms with van der Waals surface area (Å²) in [5, 5.41) is 0. The molecule has 0 amide bonds. The standard InChI is InChI=1S/C8H10.C7H9N/c1-7-4-3-5-8(2)6-7;1-6-3-2-4-7(8)5-6/h3-6H,1-2H3;2-5H,8H2,1H3. The first-order chi connectivity index (χ1) is 7.58. The van der Waals surface area contributed by atoms with E-state index in [1.54, 1.807) is 0 Å². The van der Waals surface area contributed by atoms with Gasteiger partial charge < -0.3 is 5.73 Å². The minimum atomic E-state index is 0.838. The topological polar surface area (TPSA) is 26.0 Å². The molecular formula is C15H19N. The number of nitrogen functional groups attached to an aromatic ring is 1. The highest BCUT2D eigenvalue weighted by Gasteiger charge is 1.81. The second-order valence-electron chi connectivity index (χ2n) is 4.07. The van der Waals surface area contributed by atoms with Crippen LogP contribution in [-0.2, 0) is 0 Å². The third kappa shape index (κ3) is 4.65. The van der Waals surface area contributed by atoms with E-state index in [9.17, 15) is 0 Å². The lowest BCUT2D eigenvalue weighted by Gasteiger charge is -1.91. The molecule has 0 fully saturated rings. The predicted molar refractivity (Wildman–Crippen MR) is 71.5 cm³/mol. The van der Waals surface area contributed by atoms with Gasteiger partial charge in [0.05, 0.1) is 0 Å². The van der Waals surface area contributed by atoms with E-state index in [4.69, 9.17) is 5.73 Å². The van der Waals surface area contributed by atoms with Crippen LogP contribution in [0.1, 0.15) is 16.7 Å². The van der Waals surface area contributed by atoms with Gasteiger partial charge in [-0.3, -0.25) is 0 Å². The molecule has 0 heterocycles. The molecule has 0 saturated heterocycles. The van der Waals surface area contributed by atoms with Crippen LogP contribution < -0.4 is 5.73 Å². The van der Waals surface area contributed by atoms with Gasteiger partial charge in [0.25, 0.3) is 0 Å². The van der Waals surface area contributed by atoms with E-state index < -0.39 is 0 Å². The predicted octanol–water partition coefficient (Wildman–Crippen LogP) is 3.88. The number of aryl methyl sites for hydroxylation is 3. The van der Waals surface area contributed by atoms with Gasteiger partial charge in [0.1, 0.15) is 0 Å². The molecule has 0 aliphatic heterocycles. The quantitative estimate of drug-likeness (QED) is 0.660. The van der Waals surface area contributed by atoms with Crippen LogP contribution in [0.25, 0.3) is 0 Å². The number of nitrogens with two attached hydrogens (primary N) is 1. The summed E-state index contributed by atoms with van der Waals surface area (Å²) in [4.78, 5) is 0. The van der Waals surface area contributed by atoms with E-state index >= 15 is 0 Å². The van der Waals surface area contributed by atoms with Gasteiger partial charge in [-0.05, 0) is 38.5 Å². The van der Waals surface area contributed by atoms with Crippen molar-refractivity contribution in [2.75, 3.05) is 5.73 Å². The molecule has 84 valence electrons. The van der Waals surface area contributed by atoms with Crippen molar-refractivity contribution in [2.45, 2.75) is 20.8 Å². The Kier molecular flexibility index (Phi) is 4.59. The Morgan fingerprint density at radius 2 is 1.12 bits per heavy atom. The average Bonchev–Trinajstić information content (AvgIpc) is 2.17. The van der Waals surface area contributed by atoms with E-state index in [1.807, 2.05) is 31.2 Å². The summed E-state index contributed by atoms with van der Waals surface area (Å²) < 4.78 is 0. The number of rotatable bonds is 0. The Hall–Kier alpha value is -1.76. The first kappa shape index (κ1) is 12.3. The maximum Gasteiger partial charge on any atom is 0.0316 e. The van der Waals surface area contributed by atoms with Gasteiger partial charge in [0.15, 0.2) is 0 Å². The van der Waals surface area contributed by atoms with Crippen molar-refractivity contribution in [2.24, 2.45) is 0 Å². The lowest BCUT2D eigenvalue weighted by molar-refractivity contribution is 1.39. The average molecular weight is 213 g/mol. The van der Waals surface area contributed by atoms with Crippen LogP contribution >= 0.6 is 0 Å². The Balaban J connectivity index is 0.000000160. The zero-order valence-electron chi connectivity index (χ0n) is 10.2. The first-order valence-electron chi connectivity index (χ1n) is 5.43. The molecule has 0 bridgehead atoms. The summed E-state index contributed by atoms with van der Waals surface area (Å²) in [6, 6.07) is 16.2. The fourth-order valence-electron chi connectivity index (χ4n) is 1.48. The second kappa shape index (κ2) is 5.96. The Labute approximate surface area is 97.9 Å². The van der Waals surface area contributed by atoms with Crippen molar-refractivity contribution in [3.8, 4) is 0 Å². The Bertz CT molecular complexity index is 369. The molecular weight excluding hydrogens is 194 g/mol. The normalized spacial score (nSPS) is 9.19. The molecule has 2 aromatic carbocycles. The van der Waals surface area contributed by atoms with Gasteiger partial charge >= 0.3 is 0 Å². The van der Waals surface area contributed by atoms with Crippen molar-refractivity contribution in [3.05, 3.63) is 65.2 Å². The highest BCUT2D eigenvalue weighted by atomic mass is 14.5.